The van der Waals surface area contributed by atoms with Crippen molar-refractivity contribution in [2.75, 3.05) is 13.1 Å². The Balaban J connectivity index is 2.09. The molecule has 0 aromatic carbocycles. The van der Waals surface area contributed by atoms with Crippen LogP contribution >= 0.6 is 0 Å². The monoisotopic (exact) mass is 277 g/mol. The van der Waals surface area contributed by atoms with Crippen LogP contribution in [0, 0.1) is 18.3 Å². The highest BCUT2D eigenvalue weighted by atomic mass is 16.2. The SMILES string of the molecule is C#CCNC(=O)CN1C(=O)NC2(CCCCC2C)C1=O. The number of carbonyl (C=O) groups excluding carboxylic acids is 3. The molecule has 6 nitrogen and oxygen atoms in total. The summed E-state index contributed by atoms with van der Waals surface area (Å²) in [7, 11) is 0. The van der Waals surface area contributed by atoms with Gasteiger partial charge in [0, 0.05) is 0 Å². The molecule has 6 heteroatoms. The van der Waals surface area contributed by atoms with Gasteiger partial charge in [0.15, 0.2) is 0 Å². The Hall–Kier alpha value is -2.03. The number of terminal acetylenes is 1. The van der Waals surface area contributed by atoms with E-state index in [0.717, 1.165) is 24.2 Å². The topological polar surface area (TPSA) is 78.5 Å². The van der Waals surface area contributed by atoms with Crippen LogP contribution in [0.1, 0.15) is 32.6 Å². The molecule has 0 aromatic heterocycles. The Morgan fingerprint density at radius 1 is 1.55 bits per heavy atom. The van der Waals surface area contributed by atoms with Gasteiger partial charge in [0.25, 0.3) is 5.91 Å². The molecule has 2 atom stereocenters. The highest BCUT2D eigenvalue weighted by Gasteiger charge is 2.55. The lowest BCUT2D eigenvalue weighted by atomic mass is 9.73. The van der Waals surface area contributed by atoms with Gasteiger partial charge in [-0.25, -0.2) is 4.79 Å². The van der Waals surface area contributed by atoms with Crippen molar-refractivity contribution in [3.8, 4) is 12.3 Å². The van der Waals surface area contributed by atoms with E-state index in [9.17, 15) is 14.4 Å². The van der Waals surface area contributed by atoms with Gasteiger partial charge in [0.05, 0.1) is 6.54 Å². The highest BCUT2D eigenvalue weighted by Crippen LogP contribution is 2.37. The minimum atomic E-state index is -0.818. The third kappa shape index (κ3) is 2.36. The van der Waals surface area contributed by atoms with Gasteiger partial charge in [-0.15, -0.1) is 6.42 Å². The molecule has 2 fully saturated rings. The number of imide groups is 1. The van der Waals surface area contributed by atoms with Crippen molar-refractivity contribution in [1.82, 2.24) is 15.5 Å². The van der Waals surface area contributed by atoms with Crippen molar-refractivity contribution in [2.24, 2.45) is 5.92 Å². The van der Waals surface area contributed by atoms with E-state index in [4.69, 9.17) is 6.42 Å². The van der Waals surface area contributed by atoms with Gasteiger partial charge in [-0.3, -0.25) is 14.5 Å². The summed E-state index contributed by atoms with van der Waals surface area (Å²) in [6.45, 7) is 1.78. The zero-order chi connectivity index (χ0) is 14.8. The number of carbonyl (C=O) groups is 3. The van der Waals surface area contributed by atoms with E-state index in [1.807, 2.05) is 6.92 Å². The van der Waals surface area contributed by atoms with Gasteiger partial charge in [0.2, 0.25) is 5.91 Å². The van der Waals surface area contributed by atoms with Crippen LogP contribution in [-0.2, 0) is 9.59 Å². The molecule has 1 heterocycles. The van der Waals surface area contributed by atoms with Gasteiger partial charge < -0.3 is 10.6 Å². The first-order chi connectivity index (χ1) is 9.51. The van der Waals surface area contributed by atoms with Crippen molar-refractivity contribution in [2.45, 2.75) is 38.1 Å². The van der Waals surface area contributed by atoms with Crippen LogP contribution < -0.4 is 10.6 Å². The van der Waals surface area contributed by atoms with Crippen molar-refractivity contribution in [1.29, 1.82) is 0 Å². The van der Waals surface area contributed by atoms with Crippen molar-refractivity contribution in [3.05, 3.63) is 0 Å². The van der Waals surface area contributed by atoms with Crippen molar-refractivity contribution in [3.63, 3.8) is 0 Å². The largest absolute Gasteiger partial charge is 0.344 e. The second-order valence-corrected chi connectivity index (χ2v) is 5.42. The third-order valence-corrected chi connectivity index (χ3v) is 4.19. The Labute approximate surface area is 118 Å². The second kappa shape index (κ2) is 5.53. The fraction of sp³-hybridized carbons (Fsp3) is 0.643. The van der Waals surface area contributed by atoms with Crippen LogP contribution in [0.3, 0.4) is 0 Å². The molecule has 1 saturated heterocycles. The second-order valence-electron chi connectivity index (χ2n) is 5.42. The van der Waals surface area contributed by atoms with E-state index < -0.39 is 17.5 Å². The molecule has 1 aliphatic carbocycles. The number of rotatable bonds is 3. The predicted molar refractivity (Wildman–Crippen MR) is 72.5 cm³/mol. The van der Waals surface area contributed by atoms with E-state index >= 15 is 0 Å². The third-order valence-electron chi connectivity index (χ3n) is 4.19. The van der Waals surface area contributed by atoms with E-state index in [1.165, 1.54) is 0 Å². The predicted octanol–water partition coefficient (Wildman–Crippen LogP) is 0.236. The Morgan fingerprint density at radius 2 is 2.30 bits per heavy atom. The van der Waals surface area contributed by atoms with Crippen LogP contribution in [0.4, 0.5) is 4.79 Å². The fourth-order valence-corrected chi connectivity index (χ4v) is 2.99. The Kier molecular flexibility index (Phi) is 3.98. The lowest BCUT2D eigenvalue weighted by Crippen LogP contribution is -2.54. The summed E-state index contributed by atoms with van der Waals surface area (Å²) in [5.41, 5.74) is -0.818. The maximum Gasteiger partial charge on any atom is 0.325 e. The Bertz CT molecular complexity index is 483. The quantitative estimate of drug-likeness (QED) is 0.573. The molecule has 1 spiro atoms. The minimum Gasteiger partial charge on any atom is -0.344 e. The van der Waals surface area contributed by atoms with Gasteiger partial charge >= 0.3 is 6.03 Å². The number of urea groups is 1. The Morgan fingerprint density at radius 3 is 2.95 bits per heavy atom. The van der Waals surface area contributed by atoms with Crippen LogP contribution in [0.25, 0.3) is 0 Å². The van der Waals surface area contributed by atoms with Gasteiger partial charge in [-0.1, -0.05) is 25.7 Å². The first kappa shape index (κ1) is 14.4. The van der Waals surface area contributed by atoms with Crippen LogP contribution in [0.15, 0.2) is 0 Å². The number of nitrogens with zero attached hydrogens (tertiary/aromatic N) is 1. The van der Waals surface area contributed by atoms with Gasteiger partial charge in [0.1, 0.15) is 12.1 Å². The molecule has 2 rings (SSSR count). The molecule has 0 bridgehead atoms. The average molecular weight is 277 g/mol. The van der Waals surface area contributed by atoms with Crippen LogP contribution in [-0.4, -0.2) is 41.4 Å². The van der Waals surface area contributed by atoms with E-state index in [1.54, 1.807) is 0 Å². The van der Waals surface area contributed by atoms with E-state index in [-0.39, 0.29) is 24.9 Å². The number of hydrogen-bond donors (Lipinski definition) is 2. The molecule has 0 aromatic rings. The number of amides is 4. The highest BCUT2D eigenvalue weighted by molar-refractivity contribution is 6.09. The number of hydrogen-bond acceptors (Lipinski definition) is 3. The van der Waals surface area contributed by atoms with E-state index in [0.29, 0.717) is 6.42 Å². The molecule has 2 unspecified atom stereocenters. The maximum absolute atomic E-state index is 12.5. The normalized spacial score (nSPS) is 29.2. The van der Waals surface area contributed by atoms with Crippen molar-refractivity contribution >= 4 is 17.8 Å². The van der Waals surface area contributed by atoms with Gasteiger partial charge in [-0.05, 0) is 18.8 Å². The molecule has 4 amide bonds. The van der Waals surface area contributed by atoms with Crippen LogP contribution in [0.2, 0.25) is 0 Å². The molecular weight excluding hydrogens is 258 g/mol. The summed E-state index contributed by atoms with van der Waals surface area (Å²) in [5.74, 6) is 1.65. The van der Waals surface area contributed by atoms with Gasteiger partial charge in [-0.2, -0.15) is 0 Å². The summed E-state index contributed by atoms with van der Waals surface area (Å²) in [6, 6.07) is -0.486. The maximum atomic E-state index is 12.5. The van der Waals surface area contributed by atoms with E-state index in [2.05, 4.69) is 16.6 Å². The number of nitrogens with one attached hydrogen (secondary N) is 2. The lowest BCUT2D eigenvalue weighted by Gasteiger charge is -2.36. The zero-order valence-corrected chi connectivity index (χ0v) is 11.6. The molecule has 108 valence electrons. The lowest BCUT2D eigenvalue weighted by molar-refractivity contribution is -0.137. The van der Waals surface area contributed by atoms with Crippen molar-refractivity contribution < 1.29 is 14.4 Å². The fourth-order valence-electron chi connectivity index (χ4n) is 2.99. The summed E-state index contributed by atoms with van der Waals surface area (Å²) in [6.07, 6.45) is 8.57. The molecule has 1 saturated carbocycles. The summed E-state index contributed by atoms with van der Waals surface area (Å²) < 4.78 is 0. The zero-order valence-electron chi connectivity index (χ0n) is 11.6. The first-order valence-electron chi connectivity index (χ1n) is 6.85. The summed E-state index contributed by atoms with van der Waals surface area (Å²) in [4.78, 5) is 37.1. The smallest absolute Gasteiger partial charge is 0.325 e. The first-order valence-corrected chi connectivity index (χ1v) is 6.85. The molecular formula is C14H19N3O3. The molecule has 1 aliphatic heterocycles. The molecule has 2 aliphatic rings. The average Bonchev–Trinajstić information content (AvgIpc) is 2.65. The molecule has 20 heavy (non-hydrogen) atoms. The summed E-state index contributed by atoms with van der Waals surface area (Å²) >= 11 is 0. The van der Waals surface area contributed by atoms with Crippen LogP contribution in [0.5, 0.6) is 0 Å². The molecule has 0 radical (unpaired) electrons. The standard InChI is InChI=1S/C14H19N3O3/c1-3-8-15-11(18)9-17-12(19)14(16-13(17)20)7-5-4-6-10(14)2/h1,10H,4-9H2,2H3,(H,15,18)(H,16,20). The minimum absolute atomic E-state index is 0.0873. The summed E-state index contributed by atoms with van der Waals surface area (Å²) in [5, 5.41) is 5.25. The molecule has 2 N–H and O–H groups in total.